The normalized spacial score (nSPS) is 30.5. The number of hydrogen-bond acceptors (Lipinski definition) is 6. The third kappa shape index (κ3) is 2.56. The van der Waals surface area contributed by atoms with Crippen molar-refractivity contribution in [2.24, 2.45) is 0 Å². The number of nitrogens with zero attached hydrogens (tertiary/aromatic N) is 1. The fourth-order valence-corrected chi connectivity index (χ4v) is 8.92. The number of anilines is 1. The monoisotopic (exact) mass is 564 g/mol. The molecule has 176 valence electrons. The van der Waals surface area contributed by atoms with Gasteiger partial charge in [0.05, 0.1) is 0 Å². The highest BCUT2D eigenvalue weighted by molar-refractivity contribution is 9.10. The van der Waals surface area contributed by atoms with Crippen molar-refractivity contribution in [3.8, 4) is 5.75 Å². The van der Waals surface area contributed by atoms with Crippen molar-refractivity contribution < 1.29 is 14.3 Å². The van der Waals surface area contributed by atoms with Crippen LogP contribution in [0.4, 0.5) is 5.69 Å². The first-order chi connectivity index (χ1) is 17.0. The van der Waals surface area contributed by atoms with Crippen molar-refractivity contribution in [1.29, 1.82) is 0 Å². The van der Waals surface area contributed by atoms with Gasteiger partial charge in [0.25, 0.3) is 5.91 Å². The first kappa shape index (κ1) is 22.0. The number of rotatable bonds is 2. The number of benzene rings is 3. The number of para-hydroxylation sites is 1. The highest BCUT2D eigenvalue weighted by atomic mass is 79.9. The van der Waals surface area contributed by atoms with Gasteiger partial charge in [-0.1, -0.05) is 46.3 Å². The fourth-order valence-electron chi connectivity index (χ4n) is 6.85. The van der Waals surface area contributed by atoms with Gasteiger partial charge in [0.2, 0.25) is 0 Å². The van der Waals surface area contributed by atoms with Gasteiger partial charge < -0.3 is 10.1 Å². The van der Waals surface area contributed by atoms with E-state index in [0.29, 0.717) is 11.6 Å². The summed E-state index contributed by atoms with van der Waals surface area (Å²) in [5.74, 6) is 1.30. The lowest BCUT2D eigenvalue weighted by Gasteiger charge is -2.42. The van der Waals surface area contributed by atoms with Gasteiger partial charge in [-0.25, -0.2) is 0 Å². The number of carbonyl (C=O) groups excluding carboxylic acids is 2. The molecule has 1 amide bonds. The maximum absolute atomic E-state index is 14.3. The van der Waals surface area contributed by atoms with Crippen LogP contribution >= 0.6 is 39.5 Å². The maximum Gasteiger partial charge on any atom is 0.325 e. The standard InChI is InChI=1S/C27H21BrN2O3S2/c1-34-17-9-6-15(7-10-17)23-21-13-35-14-30(21)27(19-12-16(28)8-11-20(19)29-24(27)31)26(23)18-4-2-3-5-22(18)33-25(26)32/h2-12,21,23H,13-14H2,1H3,(H,29,31)/t21-,23-,26-,27-/m1/s1. The van der Waals surface area contributed by atoms with E-state index in [1.165, 1.54) is 0 Å². The molecule has 7 rings (SSSR count). The van der Waals surface area contributed by atoms with Gasteiger partial charge in [0.1, 0.15) is 11.2 Å². The number of halogens is 1. The summed E-state index contributed by atoms with van der Waals surface area (Å²) in [6.07, 6.45) is 2.05. The molecule has 0 saturated carbocycles. The third-order valence-electron chi connectivity index (χ3n) is 8.03. The summed E-state index contributed by atoms with van der Waals surface area (Å²) in [6.45, 7) is 0. The Balaban J connectivity index is 1.61. The molecule has 3 aromatic carbocycles. The number of esters is 1. The molecule has 4 aliphatic heterocycles. The molecule has 0 bridgehead atoms. The maximum atomic E-state index is 14.3. The molecule has 0 radical (unpaired) electrons. The van der Waals surface area contributed by atoms with E-state index in [2.05, 4.69) is 56.7 Å². The molecule has 8 heteroatoms. The molecule has 0 unspecified atom stereocenters. The van der Waals surface area contributed by atoms with Crippen LogP contribution in [0.3, 0.4) is 0 Å². The third-order valence-corrected chi connectivity index (χ3v) is 10.3. The van der Waals surface area contributed by atoms with E-state index in [4.69, 9.17) is 4.74 Å². The van der Waals surface area contributed by atoms with Gasteiger partial charge in [-0.3, -0.25) is 14.5 Å². The van der Waals surface area contributed by atoms with Crippen molar-refractivity contribution in [1.82, 2.24) is 4.90 Å². The Hall–Kier alpha value is -2.26. The topological polar surface area (TPSA) is 58.6 Å². The molecule has 5 nitrogen and oxygen atoms in total. The van der Waals surface area contributed by atoms with Gasteiger partial charge in [0.15, 0.2) is 5.54 Å². The van der Waals surface area contributed by atoms with Gasteiger partial charge >= 0.3 is 5.97 Å². The zero-order valence-corrected chi connectivity index (χ0v) is 22.0. The number of amides is 1. The Morgan fingerprint density at radius 1 is 1.09 bits per heavy atom. The summed E-state index contributed by atoms with van der Waals surface area (Å²) in [5.41, 5.74) is 1.01. The summed E-state index contributed by atoms with van der Waals surface area (Å²) in [6, 6.07) is 22.0. The van der Waals surface area contributed by atoms with Crippen LogP contribution in [0.2, 0.25) is 0 Å². The first-order valence-electron chi connectivity index (χ1n) is 11.4. The highest BCUT2D eigenvalue weighted by Gasteiger charge is 2.81. The molecule has 2 spiro atoms. The zero-order valence-electron chi connectivity index (χ0n) is 18.8. The van der Waals surface area contributed by atoms with Crippen molar-refractivity contribution in [3.63, 3.8) is 0 Å². The van der Waals surface area contributed by atoms with Crippen LogP contribution in [-0.2, 0) is 20.5 Å². The van der Waals surface area contributed by atoms with Crippen molar-refractivity contribution in [2.75, 3.05) is 23.2 Å². The van der Waals surface area contributed by atoms with Gasteiger partial charge in [0, 0.05) is 49.8 Å². The van der Waals surface area contributed by atoms with Crippen molar-refractivity contribution in [2.45, 2.75) is 27.8 Å². The van der Waals surface area contributed by atoms with E-state index in [1.54, 1.807) is 11.8 Å². The summed E-state index contributed by atoms with van der Waals surface area (Å²) in [5, 5.41) is 3.14. The molecule has 3 aromatic rings. The number of nitrogens with one attached hydrogen (secondary N) is 1. The van der Waals surface area contributed by atoms with Crippen LogP contribution < -0.4 is 10.1 Å². The fraction of sp³-hybridized carbons (Fsp3) is 0.259. The largest absolute Gasteiger partial charge is 0.425 e. The van der Waals surface area contributed by atoms with Crippen LogP contribution in [0, 0.1) is 0 Å². The van der Waals surface area contributed by atoms with E-state index >= 15 is 0 Å². The molecule has 4 atom stereocenters. The Kier molecular flexibility index (Phi) is 4.78. The summed E-state index contributed by atoms with van der Waals surface area (Å²) >= 11 is 7.13. The minimum absolute atomic E-state index is 0.00508. The Morgan fingerprint density at radius 3 is 2.69 bits per heavy atom. The SMILES string of the molecule is CSc1ccc([C@@H]2[C@H]3CSCN3[C@]3(C(=O)Nc4ccc(Br)cc43)[C@@]23C(=O)Oc2ccccc23)cc1. The highest BCUT2D eigenvalue weighted by Crippen LogP contribution is 2.70. The van der Waals surface area contributed by atoms with Crippen molar-refractivity contribution in [3.05, 3.63) is 87.9 Å². The predicted octanol–water partition coefficient (Wildman–Crippen LogP) is 5.35. The van der Waals surface area contributed by atoms with E-state index in [0.717, 1.165) is 37.5 Å². The second kappa shape index (κ2) is 7.62. The van der Waals surface area contributed by atoms with Gasteiger partial charge in [-0.15, -0.1) is 23.5 Å². The summed E-state index contributed by atoms with van der Waals surface area (Å²) in [4.78, 5) is 32.1. The number of ether oxygens (including phenoxy) is 1. The van der Waals surface area contributed by atoms with E-state index in [1.807, 2.05) is 54.2 Å². The van der Waals surface area contributed by atoms with Crippen LogP contribution in [0.5, 0.6) is 5.75 Å². The minimum Gasteiger partial charge on any atom is -0.425 e. The van der Waals surface area contributed by atoms with Gasteiger partial charge in [-0.05, 0) is 48.2 Å². The summed E-state index contributed by atoms with van der Waals surface area (Å²) in [7, 11) is 0. The number of carbonyl (C=O) groups is 2. The number of thioether (sulfide) groups is 2. The lowest BCUT2D eigenvalue weighted by Crippen LogP contribution is -2.61. The molecule has 35 heavy (non-hydrogen) atoms. The second-order valence-corrected chi connectivity index (χ2v) is 12.1. The Labute approximate surface area is 220 Å². The average molecular weight is 566 g/mol. The van der Waals surface area contributed by atoms with E-state index in [9.17, 15) is 9.59 Å². The van der Waals surface area contributed by atoms with Crippen LogP contribution in [0.1, 0.15) is 22.6 Å². The molecule has 1 N–H and O–H groups in total. The first-order valence-corrected chi connectivity index (χ1v) is 14.6. The molecular weight excluding hydrogens is 544 g/mol. The number of fused-ring (bicyclic) bond motifs is 7. The molecule has 0 aliphatic carbocycles. The number of hydrogen-bond donors (Lipinski definition) is 1. The molecule has 0 aromatic heterocycles. The van der Waals surface area contributed by atoms with Crippen molar-refractivity contribution >= 4 is 57.0 Å². The van der Waals surface area contributed by atoms with Crippen LogP contribution in [-0.4, -0.2) is 40.7 Å². The molecular formula is C27H21BrN2O3S2. The lowest BCUT2D eigenvalue weighted by molar-refractivity contribution is -0.147. The Morgan fingerprint density at radius 2 is 1.89 bits per heavy atom. The van der Waals surface area contributed by atoms with Crippen LogP contribution in [0.15, 0.2) is 76.1 Å². The van der Waals surface area contributed by atoms with E-state index in [-0.39, 0.29) is 23.8 Å². The lowest BCUT2D eigenvalue weighted by atomic mass is 9.57. The molecule has 2 fully saturated rings. The average Bonchev–Trinajstić information content (AvgIpc) is 3.58. The summed E-state index contributed by atoms with van der Waals surface area (Å²) < 4.78 is 6.89. The quantitative estimate of drug-likeness (QED) is 0.257. The molecule has 4 aliphatic rings. The second-order valence-electron chi connectivity index (χ2n) is 9.34. The minimum atomic E-state index is -1.22. The smallest absolute Gasteiger partial charge is 0.325 e. The Bertz CT molecular complexity index is 1410. The van der Waals surface area contributed by atoms with E-state index < -0.39 is 11.0 Å². The predicted molar refractivity (Wildman–Crippen MR) is 142 cm³/mol. The molecule has 4 heterocycles. The molecule has 2 saturated heterocycles. The van der Waals surface area contributed by atoms with Gasteiger partial charge in [-0.2, -0.15) is 0 Å². The van der Waals surface area contributed by atoms with Crippen LogP contribution in [0.25, 0.3) is 0 Å². The zero-order chi connectivity index (χ0) is 23.9.